The number of halogens is 4. The van der Waals surface area contributed by atoms with Crippen molar-refractivity contribution < 1.29 is 27.5 Å². The minimum Gasteiger partial charge on any atom is -0.480 e. The van der Waals surface area contributed by atoms with Crippen molar-refractivity contribution >= 4 is 68.4 Å². The summed E-state index contributed by atoms with van der Waals surface area (Å²) in [7, 11) is 3.30. The van der Waals surface area contributed by atoms with Crippen LogP contribution >= 0.6 is 11.6 Å². The van der Waals surface area contributed by atoms with Gasteiger partial charge in [-0.15, -0.1) is 0 Å². The summed E-state index contributed by atoms with van der Waals surface area (Å²) in [6.45, 7) is 5.58. The SMILES string of the molecule is C[C@@H]1CN(c2ncc(Cl)c(Nc3ccc4c(c3)c3c(c(=O)n4C)OCC(F)(F)[C@H](C4CC4)N3)n2)CC[C@@H]1CN1CCC(c2ccc3c(C4CCC(=O)NC4=O)nn(C)c3c2F)CC1. The fraction of sp³-hybridized carbons (Fsp3) is 0.511. The molecule has 3 aromatic heterocycles. The Bertz CT molecular complexity index is 2720. The molecule has 18 heteroatoms. The maximum absolute atomic E-state index is 16.2. The number of likely N-dealkylation sites (tertiary alicyclic amines) is 1. The highest BCUT2D eigenvalue weighted by Gasteiger charge is 2.51. The van der Waals surface area contributed by atoms with Gasteiger partial charge >= 0.3 is 5.92 Å². The van der Waals surface area contributed by atoms with Crippen molar-refractivity contribution in [1.29, 1.82) is 0 Å². The van der Waals surface area contributed by atoms with Gasteiger partial charge in [0.05, 0.1) is 35.1 Å². The number of aromatic nitrogens is 5. The summed E-state index contributed by atoms with van der Waals surface area (Å²) >= 11 is 6.65. The first kappa shape index (κ1) is 41.6. The van der Waals surface area contributed by atoms with Crippen molar-refractivity contribution in [2.24, 2.45) is 31.8 Å². The highest BCUT2D eigenvalue weighted by molar-refractivity contribution is 6.33. The first-order valence-corrected chi connectivity index (χ1v) is 22.3. The number of aryl methyl sites for hydroxylation is 2. The minimum absolute atomic E-state index is 0.0698. The number of benzene rings is 2. The van der Waals surface area contributed by atoms with Crippen LogP contribution < -0.4 is 31.1 Å². The molecule has 5 aliphatic rings. The maximum Gasteiger partial charge on any atom is 0.301 e. The van der Waals surface area contributed by atoms with E-state index >= 15 is 13.2 Å². The molecule has 7 heterocycles. The molecule has 3 saturated heterocycles. The van der Waals surface area contributed by atoms with Gasteiger partial charge in [0.15, 0.2) is 18.2 Å². The summed E-state index contributed by atoms with van der Waals surface area (Å²) in [6.07, 6.45) is 6.17. The Morgan fingerprint density at radius 3 is 2.54 bits per heavy atom. The fourth-order valence-electron chi connectivity index (χ4n) is 10.3. The number of carbonyl (C=O) groups excluding carboxylic acids is 2. The van der Waals surface area contributed by atoms with Crippen LogP contribution in [0.3, 0.4) is 0 Å². The average molecular weight is 887 g/mol. The van der Waals surface area contributed by atoms with E-state index in [-0.39, 0.29) is 47.3 Å². The number of hydrogen-bond donors (Lipinski definition) is 3. The van der Waals surface area contributed by atoms with E-state index in [0.717, 1.165) is 52.0 Å². The molecule has 0 bridgehead atoms. The number of imide groups is 1. The van der Waals surface area contributed by atoms with Crippen LogP contribution in [0, 0.1) is 23.6 Å². The van der Waals surface area contributed by atoms with Crippen LogP contribution in [0.4, 0.5) is 36.3 Å². The molecule has 1 aliphatic carbocycles. The molecule has 1 saturated carbocycles. The number of nitrogens with one attached hydrogen (secondary N) is 3. The molecule has 4 fully saturated rings. The van der Waals surface area contributed by atoms with E-state index in [2.05, 4.69) is 42.8 Å². The average Bonchev–Trinajstić information content (AvgIpc) is 4.06. The highest BCUT2D eigenvalue weighted by Crippen LogP contribution is 2.46. The molecule has 332 valence electrons. The quantitative estimate of drug-likeness (QED) is 0.141. The van der Waals surface area contributed by atoms with Gasteiger partial charge in [-0.2, -0.15) is 10.1 Å². The minimum atomic E-state index is -3.14. The Kier molecular flexibility index (Phi) is 10.5. The molecule has 2 aromatic carbocycles. The lowest BCUT2D eigenvalue weighted by Crippen LogP contribution is -2.45. The number of amides is 2. The van der Waals surface area contributed by atoms with Crippen LogP contribution in [0.5, 0.6) is 5.75 Å². The van der Waals surface area contributed by atoms with Gasteiger partial charge in [0.1, 0.15) is 10.5 Å². The number of anilines is 4. The fourth-order valence-corrected chi connectivity index (χ4v) is 10.5. The first-order valence-electron chi connectivity index (χ1n) is 21.9. The van der Waals surface area contributed by atoms with Crippen LogP contribution in [-0.4, -0.2) is 92.3 Å². The van der Waals surface area contributed by atoms with Crippen LogP contribution in [0.1, 0.15) is 75.0 Å². The van der Waals surface area contributed by atoms with Crippen molar-refractivity contribution in [3.8, 4) is 5.75 Å². The molecule has 63 heavy (non-hydrogen) atoms. The Hall–Kier alpha value is -5.42. The smallest absolute Gasteiger partial charge is 0.301 e. The topological polar surface area (TPSA) is 152 Å². The van der Waals surface area contributed by atoms with E-state index in [4.69, 9.17) is 21.3 Å². The summed E-state index contributed by atoms with van der Waals surface area (Å²) in [6, 6.07) is 7.96. The molecule has 0 spiro atoms. The lowest BCUT2D eigenvalue weighted by molar-refractivity contribution is -0.134. The number of hydrogen-bond acceptors (Lipinski definition) is 11. The Balaban J connectivity index is 0.784. The second-order valence-electron chi connectivity index (χ2n) is 18.2. The van der Waals surface area contributed by atoms with Crippen LogP contribution in [0.25, 0.3) is 21.8 Å². The summed E-state index contributed by atoms with van der Waals surface area (Å²) in [5.41, 5.74) is 2.54. The molecule has 1 unspecified atom stereocenters. The number of carbonyl (C=O) groups is 2. The number of nitrogens with zero attached hydrogens (tertiary/aromatic N) is 7. The molecule has 5 aromatic rings. The lowest BCUT2D eigenvalue weighted by atomic mass is 9.84. The van der Waals surface area contributed by atoms with Gasteiger partial charge in [0.2, 0.25) is 23.5 Å². The van der Waals surface area contributed by atoms with E-state index in [1.165, 1.54) is 9.25 Å². The normalized spacial score (nSPS) is 24.5. The predicted octanol–water partition coefficient (Wildman–Crippen LogP) is 6.83. The zero-order valence-electron chi connectivity index (χ0n) is 35.4. The second kappa shape index (κ2) is 16.0. The molecule has 14 nitrogen and oxygen atoms in total. The number of ether oxygens (including phenoxy) is 1. The van der Waals surface area contributed by atoms with Crippen molar-refractivity contribution in [3.63, 3.8) is 0 Å². The molecule has 4 aliphatic heterocycles. The van der Waals surface area contributed by atoms with Crippen LogP contribution in [-0.2, 0) is 23.7 Å². The molecule has 10 rings (SSSR count). The number of rotatable bonds is 8. The number of piperidine rings is 3. The van der Waals surface area contributed by atoms with Crippen molar-refractivity contribution in [2.75, 3.05) is 54.9 Å². The monoisotopic (exact) mass is 886 g/mol. The largest absolute Gasteiger partial charge is 0.480 e. The summed E-state index contributed by atoms with van der Waals surface area (Å²) in [4.78, 5) is 51.7. The standard InChI is InChI=1S/C45H50ClF3N10O4/c1-23-20-59(17-14-26(23)21-58-15-12-24(13-16-58)28-7-8-29-36(55-57(3)38(29)35(28)47)30-9-11-34(60)52-42(30)61)44-50-19-32(46)41(54-44)51-27-6-10-33-31(18-27)37-39(43(62)56(33)2)63-22-45(48,49)40(53-37)25-4-5-25/h6-8,10,18-19,23-26,30,40,53H,4-5,9,11-17,20-22H2,1-3H3,(H,50,51,54)(H,52,60,61)/t23-,26-,30?,40+/m1/s1. The molecular formula is C45H50ClF3N10O4. The third-order valence-electron chi connectivity index (χ3n) is 14.1. The maximum atomic E-state index is 16.2. The summed E-state index contributed by atoms with van der Waals surface area (Å²) in [5.74, 6) is -3.19. The van der Waals surface area contributed by atoms with Crippen molar-refractivity contribution in [3.05, 3.63) is 69.0 Å². The molecule has 2 amide bonds. The van der Waals surface area contributed by atoms with Gasteiger partial charge < -0.3 is 29.7 Å². The van der Waals surface area contributed by atoms with Crippen molar-refractivity contribution in [2.45, 2.75) is 75.7 Å². The van der Waals surface area contributed by atoms with E-state index in [9.17, 15) is 14.4 Å². The van der Waals surface area contributed by atoms with Crippen molar-refractivity contribution in [1.82, 2.24) is 34.5 Å². The second-order valence-corrected chi connectivity index (χ2v) is 18.6. The zero-order valence-corrected chi connectivity index (χ0v) is 36.2. The van der Waals surface area contributed by atoms with Gasteiger partial charge in [0.25, 0.3) is 5.56 Å². The Morgan fingerprint density at radius 2 is 1.79 bits per heavy atom. The van der Waals surface area contributed by atoms with Gasteiger partial charge in [-0.3, -0.25) is 24.4 Å². The Labute approximate surface area is 366 Å². The third-order valence-corrected chi connectivity index (χ3v) is 14.3. The summed E-state index contributed by atoms with van der Waals surface area (Å²) < 4.78 is 55.0. The van der Waals surface area contributed by atoms with Crippen LogP contribution in [0.2, 0.25) is 5.02 Å². The molecule has 0 radical (unpaired) electrons. The molecule has 4 atom stereocenters. The number of fused-ring (bicyclic) bond motifs is 4. The van der Waals surface area contributed by atoms with E-state index in [1.54, 1.807) is 38.5 Å². The number of pyridine rings is 1. The highest BCUT2D eigenvalue weighted by atomic mass is 35.5. The molecule has 3 N–H and O–H groups in total. The zero-order chi connectivity index (χ0) is 43.9. The van der Waals surface area contributed by atoms with Gasteiger partial charge in [0, 0.05) is 56.6 Å². The third kappa shape index (κ3) is 7.64. The van der Waals surface area contributed by atoms with E-state index in [0.29, 0.717) is 86.6 Å². The number of alkyl halides is 2. The summed E-state index contributed by atoms with van der Waals surface area (Å²) in [5, 5.41) is 14.8. The lowest BCUT2D eigenvalue weighted by Gasteiger charge is -2.41. The predicted molar refractivity (Wildman–Crippen MR) is 234 cm³/mol. The first-order chi connectivity index (χ1) is 30.2. The van der Waals surface area contributed by atoms with Crippen LogP contribution in [0.15, 0.2) is 41.3 Å². The van der Waals surface area contributed by atoms with Gasteiger partial charge in [-0.1, -0.05) is 30.7 Å². The van der Waals surface area contributed by atoms with E-state index in [1.807, 2.05) is 12.1 Å². The van der Waals surface area contributed by atoms with E-state index < -0.39 is 30.0 Å². The Morgan fingerprint density at radius 1 is 1.00 bits per heavy atom. The van der Waals surface area contributed by atoms with Gasteiger partial charge in [-0.05, 0) is 99.0 Å². The molecular weight excluding hydrogens is 837 g/mol. The van der Waals surface area contributed by atoms with Gasteiger partial charge in [-0.25, -0.2) is 18.2 Å².